The molecule has 17 heavy (non-hydrogen) atoms. The van der Waals surface area contributed by atoms with Gasteiger partial charge in [-0.15, -0.1) is 0 Å². The molecule has 0 aliphatic heterocycles. The van der Waals surface area contributed by atoms with Crippen molar-refractivity contribution in [1.29, 1.82) is 0 Å². The van der Waals surface area contributed by atoms with Gasteiger partial charge in [0.2, 0.25) is 12.2 Å². The largest absolute Gasteiger partial charge is 0.234 e. The van der Waals surface area contributed by atoms with Crippen LogP contribution in [0, 0.1) is 17.3 Å². The number of aliphatic imine (C=N–C) groups is 2. The third-order valence-electron chi connectivity index (χ3n) is 4.15. The summed E-state index contributed by atoms with van der Waals surface area (Å²) < 4.78 is 0. The fourth-order valence-electron chi connectivity index (χ4n) is 3.39. The molecular weight excluding hydrogens is 216 g/mol. The number of hydrogen-bond donors (Lipinski definition) is 0. The molecule has 2 bridgehead atoms. The summed E-state index contributed by atoms with van der Waals surface area (Å²) in [6, 6.07) is 0. The summed E-state index contributed by atoms with van der Waals surface area (Å²) >= 11 is 0. The summed E-state index contributed by atoms with van der Waals surface area (Å²) in [6.07, 6.45) is 11.9. The first-order valence-corrected chi connectivity index (χ1v) is 6.07. The van der Waals surface area contributed by atoms with Crippen LogP contribution in [-0.2, 0) is 9.59 Å². The monoisotopic (exact) mass is 232 g/mol. The van der Waals surface area contributed by atoms with E-state index in [1.807, 2.05) is 0 Å². The van der Waals surface area contributed by atoms with Gasteiger partial charge < -0.3 is 0 Å². The summed E-state index contributed by atoms with van der Waals surface area (Å²) in [6.45, 7) is 1.11. The molecular formula is C13H16N2O2. The first-order chi connectivity index (χ1) is 8.30. The van der Waals surface area contributed by atoms with Gasteiger partial charge in [0.1, 0.15) is 0 Å². The van der Waals surface area contributed by atoms with Gasteiger partial charge in [0.25, 0.3) is 0 Å². The van der Waals surface area contributed by atoms with Gasteiger partial charge in [-0.25, -0.2) is 19.6 Å². The molecule has 3 atom stereocenters. The number of allylic oxidation sites excluding steroid dienone is 2. The molecule has 0 radical (unpaired) electrons. The Bertz CT molecular complexity index is 406. The first-order valence-electron chi connectivity index (χ1n) is 6.07. The van der Waals surface area contributed by atoms with Crippen molar-refractivity contribution in [2.75, 3.05) is 13.1 Å². The molecule has 2 aliphatic rings. The molecule has 4 nitrogen and oxygen atoms in total. The summed E-state index contributed by atoms with van der Waals surface area (Å²) in [5.41, 5.74) is 0.184. The quantitative estimate of drug-likeness (QED) is 0.399. The molecule has 0 saturated heterocycles. The van der Waals surface area contributed by atoms with Crippen molar-refractivity contribution < 1.29 is 9.59 Å². The predicted molar refractivity (Wildman–Crippen MR) is 63.0 cm³/mol. The standard InChI is InChI=1S/C13H16N2O2/c16-9-14-5-2-12-7-11-1-3-13(12,8-11)4-6-15-10-17/h1,3,11-12H,2,4-8H2. The van der Waals surface area contributed by atoms with Gasteiger partial charge in [-0.2, -0.15) is 0 Å². The molecule has 3 unspecified atom stereocenters. The van der Waals surface area contributed by atoms with Crippen molar-refractivity contribution >= 4 is 12.2 Å². The first kappa shape index (κ1) is 12.0. The Morgan fingerprint density at radius 2 is 2.00 bits per heavy atom. The topological polar surface area (TPSA) is 58.9 Å². The van der Waals surface area contributed by atoms with E-state index in [0.29, 0.717) is 24.9 Å². The predicted octanol–water partition coefficient (Wildman–Crippen LogP) is 2.02. The highest BCUT2D eigenvalue weighted by Gasteiger charge is 2.47. The molecule has 0 aromatic rings. The van der Waals surface area contributed by atoms with Crippen LogP contribution < -0.4 is 0 Å². The molecule has 90 valence electrons. The van der Waals surface area contributed by atoms with Crippen LogP contribution >= 0.6 is 0 Å². The van der Waals surface area contributed by atoms with Crippen LogP contribution in [-0.4, -0.2) is 25.2 Å². The lowest BCUT2D eigenvalue weighted by molar-refractivity contribution is 0.249. The lowest BCUT2D eigenvalue weighted by atomic mass is 9.74. The highest BCUT2D eigenvalue weighted by molar-refractivity contribution is 5.33. The highest BCUT2D eigenvalue weighted by atomic mass is 16.1. The molecule has 0 aromatic heterocycles. The third kappa shape index (κ3) is 2.44. The van der Waals surface area contributed by atoms with E-state index in [4.69, 9.17) is 0 Å². The maximum absolute atomic E-state index is 10.1. The smallest absolute Gasteiger partial charge is 0.211 e. The second-order valence-corrected chi connectivity index (χ2v) is 4.97. The molecule has 2 aliphatic carbocycles. The van der Waals surface area contributed by atoms with Gasteiger partial charge in [0.15, 0.2) is 0 Å². The minimum Gasteiger partial charge on any atom is -0.211 e. The van der Waals surface area contributed by atoms with Crippen molar-refractivity contribution in [2.24, 2.45) is 27.2 Å². The summed E-state index contributed by atoms with van der Waals surface area (Å²) in [5.74, 6) is 1.23. The number of hydrogen-bond acceptors (Lipinski definition) is 4. The van der Waals surface area contributed by atoms with Crippen LogP contribution in [0.15, 0.2) is 22.1 Å². The zero-order valence-corrected chi connectivity index (χ0v) is 9.76. The zero-order chi connectivity index (χ0) is 12.1. The second kappa shape index (κ2) is 5.22. The number of isocyanates is 2. The fraction of sp³-hybridized carbons (Fsp3) is 0.692. The van der Waals surface area contributed by atoms with Crippen LogP contribution in [0.5, 0.6) is 0 Å². The van der Waals surface area contributed by atoms with Crippen molar-refractivity contribution in [3.05, 3.63) is 12.2 Å². The van der Waals surface area contributed by atoms with Crippen molar-refractivity contribution in [3.63, 3.8) is 0 Å². The lowest BCUT2D eigenvalue weighted by Gasteiger charge is -2.31. The van der Waals surface area contributed by atoms with Gasteiger partial charge in [0.05, 0.1) is 13.1 Å². The van der Waals surface area contributed by atoms with E-state index < -0.39 is 0 Å². The Labute approximate surface area is 101 Å². The van der Waals surface area contributed by atoms with Crippen molar-refractivity contribution in [3.8, 4) is 0 Å². The summed E-state index contributed by atoms with van der Waals surface area (Å²) in [5, 5.41) is 0. The number of fused-ring (bicyclic) bond motifs is 2. The van der Waals surface area contributed by atoms with Gasteiger partial charge in [-0.05, 0) is 42.9 Å². The van der Waals surface area contributed by atoms with E-state index in [0.717, 1.165) is 19.3 Å². The van der Waals surface area contributed by atoms with E-state index >= 15 is 0 Å². The van der Waals surface area contributed by atoms with Crippen LogP contribution in [0.3, 0.4) is 0 Å². The number of rotatable bonds is 6. The molecule has 1 saturated carbocycles. The molecule has 0 amide bonds. The van der Waals surface area contributed by atoms with Gasteiger partial charge in [0, 0.05) is 0 Å². The minimum atomic E-state index is 0.184. The average Bonchev–Trinajstić information content (AvgIpc) is 2.87. The van der Waals surface area contributed by atoms with Gasteiger partial charge in [-0.3, -0.25) is 0 Å². The van der Waals surface area contributed by atoms with Crippen LogP contribution in [0.2, 0.25) is 0 Å². The maximum Gasteiger partial charge on any atom is 0.234 e. The Kier molecular flexibility index (Phi) is 3.68. The van der Waals surface area contributed by atoms with Crippen LogP contribution in [0.25, 0.3) is 0 Å². The lowest BCUT2D eigenvalue weighted by Crippen LogP contribution is -2.24. The van der Waals surface area contributed by atoms with E-state index in [1.54, 1.807) is 12.2 Å². The van der Waals surface area contributed by atoms with Crippen LogP contribution in [0.4, 0.5) is 0 Å². The van der Waals surface area contributed by atoms with Crippen molar-refractivity contribution in [1.82, 2.24) is 0 Å². The maximum atomic E-state index is 10.1. The zero-order valence-electron chi connectivity index (χ0n) is 9.76. The second-order valence-electron chi connectivity index (χ2n) is 4.97. The Balaban J connectivity index is 1.98. The molecule has 4 heteroatoms. The molecule has 1 fully saturated rings. The van der Waals surface area contributed by atoms with Gasteiger partial charge >= 0.3 is 0 Å². The molecule has 0 spiro atoms. The minimum absolute atomic E-state index is 0.184. The SMILES string of the molecule is O=C=NCCC1CC2C=CC1(CCN=C=O)C2. The Morgan fingerprint density at radius 3 is 2.71 bits per heavy atom. The van der Waals surface area contributed by atoms with Crippen LogP contribution in [0.1, 0.15) is 25.7 Å². The third-order valence-corrected chi connectivity index (χ3v) is 4.15. The highest BCUT2D eigenvalue weighted by Crippen LogP contribution is 2.56. The van der Waals surface area contributed by atoms with E-state index in [9.17, 15) is 9.59 Å². The van der Waals surface area contributed by atoms with E-state index in [-0.39, 0.29) is 5.41 Å². The van der Waals surface area contributed by atoms with E-state index in [2.05, 4.69) is 22.1 Å². The number of nitrogens with zero attached hydrogens (tertiary/aromatic N) is 2. The molecule has 0 heterocycles. The molecule has 0 N–H and O–H groups in total. The van der Waals surface area contributed by atoms with Crippen molar-refractivity contribution in [2.45, 2.75) is 25.7 Å². The summed E-state index contributed by atoms with van der Waals surface area (Å²) in [4.78, 5) is 27.5. The molecule has 2 rings (SSSR count). The Hall–Kier alpha value is -1.50. The van der Waals surface area contributed by atoms with E-state index in [1.165, 1.54) is 6.42 Å². The fourth-order valence-corrected chi connectivity index (χ4v) is 3.39. The molecule has 0 aromatic carbocycles. The number of carbonyl (C=O) groups excluding carboxylic acids is 2. The normalized spacial score (nSPS) is 33.2. The average molecular weight is 232 g/mol. The Morgan fingerprint density at radius 1 is 1.24 bits per heavy atom. The van der Waals surface area contributed by atoms with Gasteiger partial charge in [-0.1, -0.05) is 12.2 Å². The summed E-state index contributed by atoms with van der Waals surface area (Å²) in [7, 11) is 0.